The molecule has 0 bridgehead atoms. The number of nitrogens with one attached hydrogen (secondary N) is 2. The smallest absolute Gasteiger partial charge is 0.248 e. The molecule has 126 valence electrons. The molecule has 0 aliphatic carbocycles. The Hall–Kier alpha value is -2.96. The number of allylic oxidation sites excluding steroid dienone is 1. The molecule has 2 N–H and O–H groups in total. The zero-order valence-electron chi connectivity index (χ0n) is 14.0. The van der Waals surface area contributed by atoms with Gasteiger partial charge in [-0.1, -0.05) is 26.8 Å². The van der Waals surface area contributed by atoms with Gasteiger partial charge in [0.1, 0.15) is 6.54 Å². The van der Waals surface area contributed by atoms with E-state index < -0.39 is 0 Å². The molecule has 2 rings (SSSR count). The normalized spacial score (nSPS) is 11.5. The highest BCUT2D eigenvalue weighted by Crippen LogP contribution is 2.14. The molecule has 0 aromatic carbocycles. The third-order valence-electron chi connectivity index (χ3n) is 2.89. The van der Waals surface area contributed by atoms with Crippen LogP contribution in [0.2, 0.25) is 0 Å². The summed E-state index contributed by atoms with van der Waals surface area (Å²) in [6, 6.07) is 3.49. The van der Waals surface area contributed by atoms with E-state index in [1.165, 1.54) is 17.0 Å². The molecule has 2 aromatic rings. The van der Waals surface area contributed by atoms with Crippen molar-refractivity contribution in [3.63, 3.8) is 0 Å². The molecule has 0 aliphatic rings. The van der Waals surface area contributed by atoms with Crippen molar-refractivity contribution in [2.24, 2.45) is 5.41 Å². The van der Waals surface area contributed by atoms with E-state index in [0.717, 1.165) is 0 Å². The van der Waals surface area contributed by atoms with Crippen LogP contribution in [-0.2, 0) is 16.1 Å². The number of rotatable bonds is 5. The Morgan fingerprint density at radius 1 is 1.21 bits per heavy atom. The Morgan fingerprint density at radius 2 is 2.00 bits per heavy atom. The summed E-state index contributed by atoms with van der Waals surface area (Å²) >= 11 is 0. The third kappa shape index (κ3) is 6.04. The highest BCUT2D eigenvalue weighted by atomic mass is 16.2. The van der Waals surface area contributed by atoms with Gasteiger partial charge < -0.3 is 10.6 Å². The monoisotopic (exact) mass is 327 g/mol. The first-order valence-corrected chi connectivity index (χ1v) is 7.54. The van der Waals surface area contributed by atoms with Crippen molar-refractivity contribution >= 4 is 23.2 Å². The average molecular weight is 327 g/mol. The van der Waals surface area contributed by atoms with E-state index in [0.29, 0.717) is 11.4 Å². The topological polar surface area (TPSA) is 88.9 Å². The van der Waals surface area contributed by atoms with Gasteiger partial charge in [-0.3, -0.25) is 19.3 Å². The van der Waals surface area contributed by atoms with Crippen LogP contribution >= 0.6 is 0 Å². The first kappa shape index (κ1) is 17.4. The van der Waals surface area contributed by atoms with Gasteiger partial charge in [-0.05, 0) is 23.6 Å². The van der Waals surface area contributed by atoms with Gasteiger partial charge in [-0.25, -0.2) is 0 Å². The van der Waals surface area contributed by atoms with E-state index in [4.69, 9.17) is 0 Å². The Kier molecular flexibility index (Phi) is 5.47. The molecule has 0 spiro atoms. The van der Waals surface area contributed by atoms with Gasteiger partial charge in [-0.15, -0.1) is 0 Å². The van der Waals surface area contributed by atoms with Crippen molar-refractivity contribution in [3.8, 4) is 0 Å². The van der Waals surface area contributed by atoms with Crippen LogP contribution in [0.1, 0.15) is 20.8 Å². The summed E-state index contributed by atoms with van der Waals surface area (Å²) in [5.74, 6) is -0.458. The van der Waals surface area contributed by atoms with Crippen molar-refractivity contribution < 1.29 is 9.59 Å². The van der Waals surface area contributed by atoms with Gasteiger partial charge >= 0.3 is 0 Å². The SMILES string of the molecule is CC(C)(C)/C=C/C(=O)Nc1cnn(CC(=O)Nc2cccnc2)c1. The molecular formula is C17H21N5O2. The van der Waals surface area contributed by atoms with Gasteiger partial charge in [0.25, 0.3) is 0 Å². The fourth-order valence-corrected chi connectivity index (χ4v) is 1.81. The third-order valence-corrected chi connectivity index (χ3v) is 2.89. The average Bonchev–Trinajstić information content (AvgIpc) is 2.92. The lowest BCUT2D eigenvalue weighted by atomic mass is 9.96. The molecule has 2 aromatic heterocycles. The molecule has 24 heavy (non-hydrogen) atoms. The number of carbonyl (C=O) groups excluding carboxylic acids is 2. The van der Waals surface area contributed by atoms with Gasteiger partial charge in [0.2, 0.25) is 11.8 Å². The predicted molar refractivity (Wildman–Crippen MR) is 92.3 cm³/mol. The van der Waals surface area contributed by atoms with Gasteiger partial charge in [0.05, 0.1) is 23.8 Å². The summed E-state index contributed by atoms with van der Waals surface area (Å²) in [6.45, 7) is 6.07. The highest BCUT2D eigenvalue weighted by molar-refractivity contribution is 5.99. The fraction of sp³-hybridized carbons (Fsp3) is 0.294. The summed E-state index contributed by atoms with van der Waals surface area (Å²) in [5, 5.41) is 9.48. The molecule has 7 heteroatoms. The number of anilines is 2. The summed E-state index contributed by atoms with van der Waals surface area (Å²) in [6.07, 6.45) is 9.62. The molecular weight excluding hydrogens is 306 g/mol. The van der Waals surface area contributed by atoms with Crippen LogP contribution in [0.25, 0.3) is 0 Å². The van der Waals surface area contributed by atoms with E-state index in [-0.39, 0.29) is 23.8 Å². The predicted octanol–water partition coefficient (Wildman–Crippen LogP) is 2.46. The summed E-state index contributed by atoms with van der Waals surface area (Å²) < 4.78 is 1.45. The molecule has 7 nitrogen and oxygen atoms in total. The lowest BCUT2D eigenvalue weighted by molar-refractivity contribution is -0.117. The molecule has 0 saturated heterocycles. The van der Waals surface area contributed by atoms with Crippen molar-refractivity contribution in [1.29, 1.82) is 0 Å². The molecule has 2 amide bonds. The van der Waals surface area contributed by atoms with Crippen LogP contribution in [-0.4, -0.2) is 26.6 Å². The second-order valence-corrected chi connectivity index (χ2v) is 6.41. The maximum Gasteiger partial charge on any atom is 0.248 e. The quantitative estimate of drug-likeness (QED) is 0.826. The van der Waals surface area contributed by atoms with Gasteiger partial charge in [0, 0.05) is 12.4 Å². The summed E-state index contributed by atoms with van der Waals surface area (Å²) in [5.41, 5.74) is 1.09. The minimum atomic E-state index is -0.232. The van der Waals surface area contributed by atoms with E-state index in [9.17, 15) is 9.59 Å². The van der Waals surface area contributed by atoms with Crippen molar-refractivity contribution in [3.05, 3.63) is 49.1 Å². The largest absolute Gasteiger partial charge is 0.323 e. The van der Waals surface area contributed by atoms with Crippen molar-refractivity contribution in [1.82, 2.24) is 14.8 Å². The minimum Gasteiger partial charge on any atom is -0.323 e. The molecule has 0 fully saturated rings. The van der Waals surface area contributed by atoms with Crippen LogP contribution in [0.4, 0.5) is 11.4 Å². The first-order chi connectivity index (χ1) is 11.3. The zero-order valence-corrected chi connectivity index (χ0v) is 14.0. The Morgan fingerprint density at radius 3 is 2.67 bits per heavy atom. The lowest BCUT2D eigenvalue weighted by Gasteiger charge is -2.10. The number of carbonyl (C=O) groups is 2. The van der Waals surface area contributed by atoms with Gasteiger partial charge in [0.15, 0.2) is 0 Å². The van der Waals surface area contributed by atoms with E-state index in [2.05, 4.69) is 20.7 Å². The number of nitrogens with zero attached hydrogens (tertiary/aromatic N) is 3. The number of amides is 2. The van der Waals surface area contributed by atoms with Crippen molar-refractivity contribution in [2.45, 2.75) is 27.3 Å². The molecule has 0 aliphatic heterocycles. The Labute approximate surface area is 140 Å². The fourth-order valence-electron chi connectivity index (χ4n) is 1.81. The molecule has 0 saturated carbocycles. The van der Waals surface area contributed by atoms with Crippen molar-refractivity contribution in [2.75, 3.05) is 10.6 Å². The second kappa shape index (κ2) is 7.54. The number of hydrogen-bond acceptors (Lipinski definition) is 4. The van der Waals surface area contributed by atoms with E-state index >= 15 is 0 Å². The highest BCUT2D eigenvalue weighted by Gasteiger charge is 2.08. The Balaban J connectivity index is 1.88. The zero-order chi connectivity index (χ0) is 17.6. The molecule has 0 atom stereocenters. The second-order valence-electron chi connectivity index (χ2n) is 6.41. The molecule has 0 radical (unpaired) electrons. The number of hydrogen-bond donors (Lipinski definition) is 2. The maximum atomic E-state index is 11.9. The number of aromatic nitrogens is 3. The molecule has 0 unspecified atom stereocenters. The Bertz CT molecular complexity index is 729. The van der Waals surface area contributed by atoms with Crippen LogP contribution in [0.5, 0.6) is 0 Å². The van der Waals surface area contributed by atoms with E-state index in [1.54, 1.807) is 30.7 Å². The van der Waals surface area contributed by atoms with Gasteiger partial charge in [-0.2, -0.15) is 5.10 Å². The lowest BCUT2D eigenvalue weighted by Crippen LogP contribution is -2.19. The first-order valence-electron chi connectivity index (χ1n) is 7.54. The standard InChI is InChI=1S/C17H21N5O2/c1-17(2,3)7-6-15(23)21-14-10-19-22(11-14)12-16(24)20-13-5-4-8-18-9-13/h4-11H,12H2,1-3H3,(H,20,24)(H,21,23)/b7-6+. The summed E-state index contributed by atoms with van der Waals surface area (Å²) in [7, 11) is 0. The summed E-state index contributed by atoms with van der Waals surface area (Å²) in [4.78, 5) is 27.7. The number of pyridine rings is 1. The van der Waals surface area contributed by atoms with Crippen LogP contribution in [0.15, 0.2) is 49.1 Å². The molecule has 2 heterocycles. The van der Waals surface area contributed by atoms with E-state index in [1.807, 2.05) is 26.8 Å². The minimum absolute atomic E-state index is 0.0442. The van der Waals surface area contributed by atoms with Crippen LogP contribution in [0, 0.1) is 5.41 Å². The van der Waals surface area contributed by atoms with Crippen LogP contribution in [0.3, 0.4) is 0 Å². The maximum absolute atomic E-state index is 11.9. The van der Waals surface area contributed by atoms with Crippen LogP contribution < -0.4 is 10.6 Å².